The van der Waals surface area contributed by atoms with Crippen LogP contribution in [-0.4, -0.2) is 9.13 Å². The third kappa shape index (κ3) is 2.89. The van der Waals surface area contributed by atoms with Crippen molar-refractivity contribution in [2.75, 3.05) is 0 Å². The van der Waals surface area contributed by atoms with Crippen molar-refractivity contribution < 1.29 is 4.42 Å². The molecule has 198 valence electrons. The van der Waals surface area contributed by atoms with Crippen molar-refractivity contribution >= 4 is 76.3 Å². The molecule has 3 heterocycles. The van der Waals surface area contributed by atoms with E-state index in [0.717, 1.165) is 38.8 Å². The molecule has 7 aromatic carbocycles. The lowest BCUT2D eigenvalue weighted by Crippen LogP contribution is -1.97. The van der Waals surface area contributed by atoms with Crippen molar-refractivity contribution in [1.82, 2.24) is 9.13 Å². The van der Waals surface area contributed by atoms with Crippen LogP contribution in [0.3, 0.4) is 0 Å². The zero-order valence-corrected chi connectivity index (χ0v) is 23.0. The lowest BCUT2D eigenvalue weighted by atomic mass is 9.99. The maximum absolute atomic E-state index is 6.56. The second-order valence-corrected chi connectivity index (χ2v) is 11.1. The number of hydrogen-bond donors (Lipinski definition) is 0. The molecule has 0 bridgehead atoms. The number of rotatable bonds is 2. The molecule has 3 aromatic heterocycles. The van der Waals surface area contributed by atoms with E-state index in [-0.39, 0.29) is 0 Å². The number of para-hydroxylation sites is 4. The molecule has 0 aliphatic carbocycles. The Balaban J connectivity index is 1.51. The monoisotopic (exact) mass is 546 g/mol. The number of aromatic nitrogens is 2. The molecule has 10 aromatic rings. The maximum Gasteiger partial charge on any atom is 0.160 e. The number of benzene rings is 6. The Morgan fingerprint density at radius 2 is 1.07 bits per heavy atom. The van der Waals surface area contributed by atoms with Gasteiger partial charge in [0.25, 0.3) is 0 Å². The Labute approximate surface area is 246 Å². The topological polar surface area (TPSA) is 23.0 Å². The fourth-order valence-electron chi connectivity index (χ4n) is 7.26. The van der Waals surface area contributed by atoms with E-state index in [4.69, 9.17) is 4.42 Å². The quantitative estimate of drug-likeness (QED) is 0.211. The summed E-state index contributed by atoms with van der Waals surface area (Å²) in [5, 5.41) is 9.40. The van der Waals surface area contributed by atoms with Gasteiger partial charge < -0.3 is 13.6 Å². The summed E-state index contributed by atoms with van der Waals surface area (Å²) in [6.07, 6.45) is 0. The van der Waals surface area contributed by atoms with Gasteiger partial charge in [-0.1, -0.05) is 97.1 Å². The van der Waals surface area contributed by atoms with Gasteiger partial charge >= 0.3 is 0 Å². The predicted molar refractivity (Wildman–Crippen MR) is 178 cm³/mol. The van der Waals surface area contributed by atoms with Crippen molar-refractivity contribution in [2.45, 2.75) is 0 Å². The van der Waals surface area contributed by atoms with Crippen molar-refractivity contribution in [2.24, 2.45) is 0 Å². The van der Waals surface area contributed by atoms with Crippen LogP contribution in [0.15, 0.2) is 138 Å². The first-order valence-electron chi connectivity index (χ1n) is 14.5. The zero-order chi connectivity index (χ0) is 28.1. The minimum absolute atomic E-state index is 0.820. The lowest BCUT2D eigenvalue weighted by molar-refractivity contribution is 0.666. The summed E-state index contributed by atoms with van der Waals surface area (Å²) >= 11 is 0. The molecule has 0 N–H and O–H groups in total. The maximum atomic E-state index is 6.56. The molecular formula is C40H22N2O. The summed E-state index contributed by atoms with van der Waals surface area (Å²) in [6, 6.07) is 53.8. The van der Waals surface area contributed by atoms with Crippen LogP contribution < -0.4 is 0 Å². The zero-order valence-electron chi connectivity index (χ0n) is 23.0. The molecule has 0 saturated carbocycles. The highest BCUT2D eigenvalue weighted by Crippen LogP contribution is 2.47. The van der Waals surface area contributed by atoms with E-state index in [1.54, 1.807) is 0 Å². The van der Waals surface area contributed by atoms with E-state index in [9.17, 15) is 0 Å². The lowest BCUT2D eigenvalue weighted by Gasteiger charge is -2.13. The molecule has 0 aliphatic rings. The SMILES string of the molecule is c1ccc2oc3c(-n4c5ccccc5c5c6c7ccccc7n(-c7ccccc7)c6c6ccccc6c54)cccc3c2c#1. The van der Waals surface area contributed by atoms with Gasteiger partial charge in [-0.25, -0.2) is 0 Å². The number of nitrogens with zero attached hydrogens (tertiary/aromatic N) is 2. The average molecular weight is 547 g/mol. The molecule has 0 fully saturated rings. The summed E-state index contributed by atoms with van der Waals surface area (Å²) in [5.41, 5.74) is 8.60. The first-order chi connectivity index (χ1) is 21.4. The van der Waals surface area contributed by atoms with Gasteiger partial charge in [0.05, 0.1) is 33.1 Å². The second kappa shape index (κ2) is 8.28. The van der Waals surface area contributed by atoms with E-state index in [2.05, 4.69) is 143 Å². The molecule has 0 atom stereocenters. The Hall–Kier alpha value is -5.98. The minimum atomic E-state index is 0.820. The molecule has 0 spiro atoms. The Morgan fingerprint density at radius 3 is 1.79 bits per heavy atom. The average Bonchev–Trinajstić information content (AvgIpc) is 3.73. The molecule has 0 amide bonds. The smallest absolute Gasteiger partial charge is 0.160 e. The Kier molecular flexibility index (Phi) is 4.37. The van der Waals surface area contributed by atoms with Crippen LogP contribution in [-0.2, 0) is 0 Å². The summed E-state index contributed by atoms with van der Waals surface area (Å²) in [4.78, 5) is 0. The van der Waals surface area contributed by atoms with Crippen molar-refractivity contribution in [3.63, 3.8) is 0 Å². The van der Waals surface area contributed by atoms with Gasteiger partial charge in [-0.15, -0.1) is 0 Å². The van der Waals surface area contributed by atoms with Gasteiger partial charge in [0.2, 0.25) is 0 Å². The summed E-state index contributed by atoms with van der Waals surface area (Å²) in [6.45, 7) is 0. The first kappa shape index (κ1) is 22.7. The molecule has 0 unspecified atom stereocenters. The first-order valence-corrected chi connectivity index (χ1v) is 14.5. The van der Waals surface area contributed by atoms with Gasteiger partial charge in [0, 0.05) is 43.4 Å². The highest BCUT2D eigenvalue weighted by Gasteiger charge is 2.25. The molecule has 0 aliphatic heterocycles. The third-order valence-corrected chi connectivity index (χ3v) is 8.93. The minimum Gasteiger partial charge on any atom is -0.453 e. The number of fused-ring (bicyclic) bond motifs is 13. The van der Waals surface area contributed by atoms with Gasteiger partial charge in [-0.3, -0.25) is 0 Å². The van der Waals surface area contributed by atoms with Crippen molar-refractivity contribution in [3.05, 3.63) is 146 Å². The molecule has 3 nitrogen and oxygen atoms in total. The summed E-state index contributed by atoms with van der Waals surface area (Å²) in [5.74, 6) is 0. The standard InChI is InChI=1S/C40H22N2O/c1-2-13-25(14-3-1)41-32-21-9-6-18-30(32)36-37-31-19-7-10-22-33(31)42(39(37)28-17-5-4-16-27(28)38(36)41)34-23-12-20-29-26-15-8-11-24-35(26)43-40(29)34/h1-7,9-14,16-24H. The van der Waals surface area contributed by atoms with Crippen LogP contribution in [0.4, 0.5) is 0 Å². The van der Waals surface area contributed by atoms with Crippen LogP contribution in [0.5, 0.6) is 0 Å². The van der Waals surface area contributed by atoms with E-state index in [0.29, 0.717) is 0 Å². The summed E-state index contributed by atoms with van der Waals surface area (Å²) < 4.78 is 11.4. The number of hydrogen-bond acceptors (Lipinski definition) is 1. The van der Waals surface area contributed by atoms with Crippen molar-refractivity contribution in [1.29, 1.82) is 0 Å². The van der Waals surface area contributed by atoms with Crippen molar-refractivity contribution in [3.8, 4) is 11.4 Å². The second-order valence-electron chi connectivity index (χ2n) is 11.1. The molecule has 3 heteroatoms. The van der Waals surface area contributed by atoms with Gasteiger partial charge in [-0.05, 0) is 48.5 Å². The fourth-order valence-corrected chi connectivity index (χ4v) is 7.26. The van der Waals surface area contributed by atoms with Crippen LogP contribution in [0.1, 0.15) is 0 Å². The Bertz CT molecular complexity index is 2720. The van der Waals surface area contributed by atoms with E-state index in [1.165, 1.54) is 48.9 Å². The van der Waals surface area contributed by atoms with Crippen LogP contribution in [0, 0.1) is 12.1 Å². The molecule has 0 radical (unpaired) electrons. The van der Waals surface area contributed by atoms with E-state index < -0.39 is 0 Å². The third-order valence-electron chi connectivity index (χ3n) is 8.93. The van der Waals surface area contributed by atoms with Gasteiger partial charge in [0.1, 0.15) is 5.58 Å². The summed E-state index contributed by atoms with van der Waals surface area (Å²) in [7, 11) is 0. The van der Waals surface area contributed by atoms with Gasteiger partial charge in [0.15, 0.2) is 5.58 Å². The fraction of sp³-hybridized carbons (Fsp3) is 0. The normalized spacial score (nSPS) is 12.0. The van der Waals surface area contributed by atoms with Crippen LogP contribution in [0.2, 0.25) is 0 Å². The van der Waals surface area contributed by atoms with Crippen LogP contribution in [0.25, 0.3) is 87.7 Å². The predicted octanol–water partition coefficient (Wildman–Crippen LogP) is 10.5. The van der Waals surface area contributed by atoms with E-state index >= 15 is 0 Å². The van der Waals surface area contributed by atoms with E-state index in [1.807, 2.05) is 12.1 Å². The molecular weight excluding hydrogens is 524 g/mol. The molecule has 43 heavy (non-hydrogen) atoms. The van der Waals surface area contributed by atoms with Gasteiger partial charge in [-0.2, -0.15) is 0 Å². The highest BCUT2D eigenvalue weighted by atomic mass is 16.3. The Morgan fingerprint density at radius 1 is 0.488 bits per heavy atom. The largest absolute Gasteiger partial charge is 0.453 e. The molecule has 10 rings (SSSR count). The highest BCUT2D eigenvalue weighted by molar-refractivity contribution is 6.37. The number of furan rings is 1. The van der Waals surface area contributed by atoms with Crippen LogP contribution >= 0.6 is 0 Å². The molecule has 0 saturated heterocycles.